The molecule has 3 aromatic rings. The number of aryl methyl sites for hydroxylation is 1. The van der Waals surface area contributed by atoms with Gasteiger partial charge in [0.2, 0.25) is 11.1 Å². The van der Waals surface area contributed by atoms with Gasteiger partial charge >= 0.3 is 0 Å². The van der Waals surface area contributed by atoms with Crippen LogP contribution in [0.1, 0.15) is 23.6 Å². The third-order valence-electron chi connectivity index (χ3n) is 4.28. The molecule has 0 spiro atoms. The van der Waals surface area contributed by atoms with Crippen molar-refractivity contribution >= 4 is 17.7 Å². The van der Waals surface area contributed by atoms with Gasteiger partial charge in [0.15, 0.2) is 0 Å². The van der Waals surface area contributed by atoms with E-state index in [4.69, 9.17) is 0 Å². The zero-order chi connectivity index (χ0) is 19.1. The van der Waals surface area contributed by atoms with Crippen LogP contribution < -0.4 is 0 Å². The predicted molar refractivity (Wildman–Crippen MR) is 106 cm³/mol. The summed E-state index contributed by atoms with van der Waals surface area (Å²) in [5.74, 6) is 0.354. The smallest absolute Gasteiger partial charge is 0.233 e. The standard InChI is InChI=1S/C20H23N5OS/c1-3-16-9-11-18(12-10-16)13-24(2)19(26)15-27-20-21-22-23-25(20)14-17-7-5-4-6-8-17/h4-12H,3,13-15H2,1-2H3. The molecule has 1 amide bonds. The third-order valence-corrected chi connectivity index (χ3v) is 5.22. The maximum atomic E-state index is 12.5. The first-order valence-electron chi connectivity index (χ1n) is 8.90. The molecule has 0 aliphatic rings. The van der Waals surface area contributed by atoms with Crippen LogP contribution in [-0.4, -0.2) is 43.8 Å². The number of thioether (sulfide) groups is 1. The van der Waals surface area contributed by atoms with Crippen LogP contribution in [0, 0.1) is 0 Å². The van der Waals surface area contributed by atoms with E-state index in [-0.39, 0.29) is 5.91 Å². The SMILES string of the molecule is CCc1ccc(CN(C)C(=O)CSc2nnnn2Cc2ccccc2)cc1. The minimum Gasteiger partial charge on any atom is -0.341 e. The lowest BCUT2D eigenvalue weighted by Gasteiger charge is -2.17. The Morgan fingerprint density at radius 2 is 1.74 bits per heavy atom. The van der Waals surface area contributed by atoms with Gasteiger partial charge < -0.3 is 4.90 Å². The summed E-state index contributed by atoms with van der Waals surface area (Å²) in [4.78, 5) is 14.2. The van der Waals surface area contributed by atoms with Crippen molar-refractivity contribution < 1.29 is 4.79 Å². The molecule has 0 N–H and O–H groups in total. The number of tetrazole rings is 1. The topological polar surface area (TPSA) is 63.9 Å². The number of hydrogen-bond acceptors (Lipinski definition) is 5. The average molecular weight is 382 g/mol. The van der Waals surface area contributed by atoms with E-state index in [0.29, 0.717) is 24.0 Å². The van der Waals surface area contributed by atoms with Crippen LogP contribution in [-0.2, 0) is 24.3 Å². The molecule has 0 bridgehead atoms. The summed E-state index contributed by atoms with van der Waals surface area (Å²) in [7, 11) is 1.82. The summed E-state index contributed by atoms with van der Waals surface area (Å²) in [6.45, 7) is 3.32. The van der Waals surface area contributed by atoms with E-state index in [1.54, 1.807) is 9.58 Å². The van der Waals surface area contributed by atoms with E-state index in [0.717, 1.165) is 17.5 Å². The minimum absolute atomic E-state index is 0.0498. The summed E-state index contributed by atoms with van der Waals surface area (Å²) in [5.41, 5.74) is 3.54. The molecule has 0 atom stereocenters. The Bertz CT molecular complexity index is 864. The molecule has 0 fully saturated rings. The van der Waals surface area contributed by atoms with Crippen molar-refractivity contribution in [3.63, 3.8) is 0 Å². The molecule has 0 unspecified atom stereocenters. The molecule has 0 saturated heterocycles. The molecule has 2 aromatic carbocycles. The fourth-order valence-electron chi connectivity index (χ4n) is 2.63. The number of hydrogen-bond donors (Lipinski definition) is 0. The molecule has 0 saturated carbocycles. The van der Waals surface area contributed by atoms with Crippen LogP contribution in [0.15, 0.2) is 59.8 Å². The molecule has 0 radical (unpaired) electrons. The van der Waals surface area contributed by atoms with Crippen LogP contribution >= 0.6 is 11.8 Å². The second kappa shape index (κ2) is 9.32. The van der Waals surface area contributed by atoms with Crippen molar-refractivity contribution in [1.29, 1.82) is 0 Å². The summed E-state index contributed by atoms with van der Waals surface area (Å²) in [6, 6.07) is 18.4. The van der Waals surface area contributed by atoms with E-state index in [9.17, 15) is 4.79 Å². The number of aromatic nitrogens is 4. The number of rotatable bonds is 8. The molecule has 0 aliphatic heterocycles. The van der Waals surface area contributed by atoms with E-state index < -0.39 is 0 Å². The van der Waals surface area contributed by atoms with Crippen molar-refractivity contribution in [2.45, 2.75) is 31.6 Å². The van der Waals surface area contributed by atoms with Gasteiger partial charge in [0.1, 0.15) is 0 Å². The van der Waals surface area contributed by atoms with Gasteiger partial charge in [-0.1, -0.05) is 73.3 Å². The van der Waals surface area contributed by atoms with Crippen molar-refractivity contribution in [2.75, 3.05) is 12.8 Å². The van der Waals surface area contributed by atoms with Crippen LogP contribution in [0.5, 0.6) is 0 Å². The third kappa shape index (κ3) is 5.40. The predicted octanol–water partition coefficient (Wildman–Crippen LogP) is 3.03. The highest BCUT2D eigenvalue weighted by molar-refractivity contribution is 7.99. The zero-order valence-electron chi connectivity index (χ0n) is 15.6. The second-order valence-electron chi connectivity index (χ2n) is 6.31. The quantitative estimate of drug-likeness (QED) is 0.561. The summed E-state index contributed by atoms with van der Waals surface area (Å²) < 4.78 is 1.72. The van der Waals surface area contributed by atoms with Gasteiger partial charge in [-0.15, -0.1) is 5.10 Å². The molecule has 6 nitrogen and oxygen atoms in total. The fourth-order valence-corrected chi connectivity index (χ4v) is 3.45. The first-order chi connectivity index (χ1) is 13.2. The van der Waals surface area contributed by atoms with Crippen molar-refractivity contribution in [3.8, 4) is 0 Å². The van der Waals surface area contributed by atoms with Crippen molar-refractivity contribution in [3.05, 3.63) is 71.3 Å². The highest BCUT2D eigenvalue weighted by Gasteiger charge is 2.14. The number of amides is 1. The van der Waals surface area contributed by atoms with Gasteiger partial charge in [-0.25, -0.2) is 4.68 Å². The molecule has 7 heteroatoms. The Labute approximate surface area is 163 Å². The molecule has 1 aromatic heterocycles. The second-order valence-corrected chi connectivity index (χ2v) is 7.26. The number of benzene rings is 2. The Hall–Kier alpha value is -2.67. The molecular weight excluding hydrogens is 358 g/mol. The molecule has 27 heavy (non-hydrogen) atoms. The van der Waals surface area contributed by atoms with Gasteiger partial charge in [-0.05, 0) is 33.5 Å². The Kier molecular flexibility index (Phi) is 6.59. The lowest BCUT2D eigenvalue weighted by atomic mass is 10.1. The van der Waals surface area contributed by atoms with Gasteiger partial charge in [0, 0.05) is 13.6 Å². The Balaban J connectivity index is 1.53. The Morgan fingerprint density at radius 3 is 2.44 bits per heavy atom. The van der Waals surface area contributed by atoms with E-state index in [2.05, 4.69) is 46.7 Å². The van der Waals surface area contributed by atoms with Gasteiger partial charge in [0.25, 0.3) is 0 Å². The highest BCUT2D eigenvalue weighted by Crippen LogP contribution is 2.16. The molecular formula is C20H23N5OS. The van der Waals surface area contributed by atoms with Crippen LogP contribution in [0.4, 0.5) is 0 Å². The Morgan fingerprint density at radius 1 is 1.04 bits per heavy atom. The maximum Gasteiger partial charge on any atom is 0.233 e. The summed E-state index contributed by atoms with van der Waals surface area (Å²) >= 11 is 1.36. The van der Waals surface area contributed by atoms with Crippen LogP contribution in [0.2, 0.25) is 0 Å². The van der Waals surface area contributed by atoms with E-state index in [1.165, 1.54) is 17.3 Å². The average Bonchev–Trinajstić information content (AvgIpc) is 3.14. The molecule has 0 aliphatic carbocycles. The van der Waals surface area contributed by atoms with Gasteiger partial charge in [-0.2, -0.15) is 0 Å². The van der Waals surface area contributed by atoms with Crippen LogP contribution in [0.25, 0.3) is 0 Å². The first kappa shape index (κ1) is 19.1. The van der Waals surface area contributed by atoms with Crippen LogP contribution in [0.3, 0.4) is 0 Å². The van der Waals surface area contributed by atoms with E-state index >= 15 is 0 Å². The lowest BCUT2D eigenvalue weighted by molar-refractivity contribution is -0.127. The molecule has 3 rings (SSSR count). The highest BCUT2D eigenvalue weighted by atomic mass is 32.2. The number of nitrogens with zero attached hydrogens (tertiary/aromatic N) is 5. The number of carbonyl (C=O) groups excluding carboxylic acids is 1. The molecule has 140 valence electrons. The lowest BCUT2D eigenvalue weighted by Crippen LogP contribution is -2.28. The summed E-state index contributed by atoms with van der Waals surface area (Å²) in [5, 5.41) is 12.5. The van der Waals surface area contributed by atoms with Gasteiger partial charge in [0.05, 0.1) is 12.3 Å². The largest absolute Gasteiger partial charge is 0.341 e. The first-order valence-corrected chi connectivity index (χ1v) is 9.89. The monoisotopic (exact) mass is 381 g/mol. The van der Waals surface area contributed by atoms with Gasteiger partial charge in [-0.3, -0.25) is 4.79 Å². The van der Waals surface area contributed by atoms with Crippen molar-refractivity contribution in [2.24, 2.45) is 0 Å². The maximum absolute atomic E-state index is 12.5. The molecule has 1 heterocycles. The summed E-state index contributed by atoms with van der Waals surface area (Å²) in [6.07, 6.45) is 1.02. The fraction of sp³-hybridized carbons (Fsp3) is 0.300. The minimum atomic E-state index is 0.0498. The number of carbonyl (C=O) groups is 1. The zero-order valence-corrected chi connectivity index (χ0v) is 16.4. The normalized spacial score (nSPS) is 10.7. The van der Waals surface area contributed by atoms with E-state index in [1.807, 2.05) is 37.4 Å². The van der Waals surface area contributed by atoms with Crippen molar-refractivity contribution in [1.82, 2.24) is 25.1 Å².